The molecule has 0 bridgehead atoms. The van der Waals surface area contributed by atoms with Gasteiger partial charge in [0, 0.05) is 13.0 Å². The van der Waals surface area contributed by atoms with E-state index in [1.54, 1.807) is 0 Å². The maximum Gasteiger partial charge on any atom is 0.220 e. The summed E-state index contributed by atoms with van der Waals surface area (Å²) in [5.41, 5.74) is 1.13. The number of benzene rings is 1. The average molecular weight is 327 g/mol. The summed E-state index contributed by atoms with van der Waals surface area (Å²) in [6, 6.07) is 7.95. The Morgan fingerprint density at radius 3 is 2.95 bits per heavy atom. The summed E-state index contributed by atoms with van der Waals surface area (Å²) in [7, 11) is 0. The summed E-state index contributed by atoms with van der Waals surface area (Å²) in [5.74, 6) is 1.63. The minimum atomic E-state index is 0. The molecule has 0 spiro atoms. The van der Waals surface area contributed by atoms with Gasteiger partial charge < -0.3 is 15.4 Å². The molecule has 1 atom stereocenters. The Labute approximate surface area is 139 Å². The number of carbonyl (C=O) groups is 1. The number of carbonyl (C=O) groups excluding carboxylic acids is 1. The van der Waals surface area contributed by atoms with Crippen LogP contribution in [-0.4, -0.2) is 32.1 Å². The SMILES string of the molecule is Cc1ccccc1OCCCC(=O)NCC1CCCNC1.Cl. The Bertz CT molecular complexity index is 448. The van der Waals surface area contributed by atoms with Gasteiger partial charge in [-0.3, -0.25) is 4.79 Å². The minimum absolute atomic E-state index is 0. The lowest BCUT2D eigenvalue weighted by Gasteiger charge is -2.22. The highest BCUT2D eigenvalue weighted by Gasteiger charge is 2.13. The van der Waals surface area contributed by atoms with E-state index in [1.807, 2.05) is 31.2 Å². The molecule has 2 rings (SSSR count). The quantitative estimate of drug-likeness (QED) is 0.757. The first-order valence-electron chi connectivity index (χ1n) is 7.91. The summed E-state index contributed by atoms with van der Waals surface area (Å²) in [6.45, 7) is 5.55. The van der Waals surface area contributed by atoms with Crippen molar-refractivity contribution in [2.45, 2.75) is 32.6 Å². The van der Waals surface area contributed by atoms with E-state index in [4.69, 9.17) is 4.74 Å². The highest BCUT2D eigenvalue weighted by molar-refractivity contribution is 5.85. The van der Waals surface area contributed by atoms with Crippen molar-refractivity contribution in [1.29, 1.82) is 0 Å². The number of hydrogen-bond acceptors (Lipinski definition) is 3. The molecular formula is C17H27ClN2O2. The molecule has 124 valence electrons. The van der Waals surface area contributed by atoms with Crippen LogP contribution in [0.2, 0.25) is 0 Å². The number of hydrogen-bond donors (Lipinski definition) is 2. The lowest BCUT2D eigenvalue weighted by Crippen LogP contribution is -2.38. The molecular weight excluding hydrogens is 300 g/mol. The first-order valence-corrected chi connectivity index (χ1v) is 7.91. The van der Waals surface area contributed by atoms with Crippen LogP contribution in [-0.2, 0) is 4.79 Å². The molecule has 1 heterocycles. The fourth-order valence-corrected chi connectivity index (χ4v) is 2.58. The molecule has 4 nitrogen and oxygen atoms in total. The summed E-state index contributed by atoms with van der Waals surface area (Å²) >= 11 is 0. The molecule has 1 fully saturated rings. The van der Waals surface area contributed by atoms with Crippen molar-refractivity contribution in [3.63, 3.8) is 0 Å². The van der Waals surface area contributed by atoms with E-state index >= 15 is 0 Å². The molecule has 1 saturated heterocycles. The van der Waals surface area contributed by atoms with Gasteiger partial charge in [-0.1, -0.05) is 18.2 Å². The maximum absolute atomic E-state index is 11.8. The summed E-state index contributed by atoms with van der Waals surface area (Å²) in [6.07, 6.45) is 3.71. The van der Waals surface area contributed by atoms with Crippen LogP contribution in [0.5, 0.6) is 5.75 Å². The topological polar surface area (TPSA) is 50.4 Å². The van der Waals surface area contributed by atoms with E-state index in [2.05, 4.69) is 10.6 Å². The number of amides is 1. The first kappa shape index (κ1) is 18.8. The zero-order valence-electron chi connectivity index (χ0n) is 13.3. The second-order valence-electron chi connectivity index (χ2n) is 5.73. The van der Waals surface area contributed by atoms with Crippen LogP contribution in [0.3, 0.4) is 0 Å². The molecule has 0 aromatic heterocycles. The van der Waals surface area contributed by atoms with Crippen LogP contribution >= 0.6 is 12.4 Å². The molecule has 22 heavy (non-hydrogen) atoms. The van der Waals surface area contributed by atoms with Crippen molar-refractivity contribution in [3.8, 4) is 5.75 Å². The molecule has 2 N–H and O–H groups in total. The Morgan fingerprint density at radius 1 is 1.41 bits per heavy atom. The van der Waals surface area contributed by atoms with E-state index in [0.29, 0.717) is 18.9 Å². The lowest BCUT2D eigenvalue weighted by atomic mass is 10.00. The maximum atomic E-state index is 11.8. The number of piperidine rings is 1. The van der Waals surface area contributed by atoms with Gasteiger partial charge in [0.2, 0.25) is 5.91 Å². The van der Waals surface area contributed by atoms with Gasteiger partial charge in [0.15, 0.2) is 0 Å². The third-order valence-electron chi connectivity index (χ3n) is 3.89. The van der Waals surface area contributed by atoms with Crippen LogP contribution in [0.25, 0.3) is 0 Å². The Morgan fingerprint density at radius 2 is 2.23 bits per heavy atom. The van der Waals surface area contributed by atoms with Gasteiger partial charge in [0.25, 0.3) is 0 Å². The molecule has 0 radical (unpaired) electrons. The zero-order chi connectivity index (χ0) is 14.9. The summed E-state index contributed by atoms with van der Waals surface area (Å²) < 4.78 is 5.69. The fraction of sp³-hybridized carbons (Fsp3) is 0.588. The Balaban J connectivity index is 0.00000242. The van der Waals surface area contributed by atoms with Crippen molar-refractivity contribution in [2.75, 3.05) is 26.2 Å². The number of ether oxygens (including phenoxy) is 1. The van der Waals surface area contributed by atoms with Gasteiger partial charge in [-0.15, -0.1) is 12.4 Å². The largest absolute Gasteiger partial charge is 0.493 e. The highest BCUT2D eigenvalue weighted by atomic mass is 35.5. The molecule has 0 saturated carbocycles. The Hall–Kier alpha value is -1.26. The first-order chi connectivity index (χ1) is 10.3. The van der Waals surface area contributed by atoms with Crippen LogP contribution in [0.4, 0.5) is 0 Å². The molecule has 1 aromatic carbocycles. The van der Waals surface area contributed by atoms with Crippen molar-refractivity contribution in [1.82, 2.24) is 10.6 Å². The van der Waals surface area contributed by atoms with Crippen molar-refractivity contribution in [3.05, 3.63) is 29.8 Å². The summed E-state index contributed by atoms with van der Waals surface area (Å²) in [4.78, 5) is 11.8. The Kier molecular flexibility index (Phi) is 8.94. The predicted molar refractivity (Wildman–Crippen MR) is 91.8 cm³/mol. The number of rotatable bonds is 7. The van der Waals surface area contributed by atoms with Gasteiger partial charge >= 0.3 is 0 Å². The number of para-hydroxylation sites is 1. The molecule has 1 amide bonds. The van der Waals surface area contributed by atoms with E-state index in [0.717, 1.165) is 37.4 Å². The number of nitrogens with one attached hydrogen (secondary N) is 2. The molecule has 1 aliphatic heterocycles. The second kappa shape index (κ2) is 10.5. The van der Waals surface area contributed by atoms with Crippen LogP contribution in [0, 0.1) is 12.8 Å². The van der Waals surface area contributed by atoms with Crippen molar-refractivity contribution >= 4 is 18.3 Å². The lowest BCUT2D eigenvalue weighted by molar-refractivity contribution is -0.121. The number of aryl methyl sites for hydroxylation is 1. The standard InChI is InChI=1S/C17H26N2O2.ClH/c1-14-6-2-3-8-16(14)21-11-5-9-17(20)19-13-15-7-4-10-18-12-15;/h2-3,6,8,15,18H,4-5,7,9-13H2,1H3,(H,19,20);1H. The van der Waals surface area contributed by atoms with Gasteiger partial charge in [0.05, 0.1) is 6.61 Å². The third-order valence-corrected chi connectivity index (χ3v) is 3.89. The monoisotopic (exact) mass is 326 g/mol. The number of halogens is 1. The fourth-order valence-electron chi connectivity index (χ4n) is 2.58. The van der Waals surface area contributed by atoms with E-state index < -0.39 is 0 Å². The van der Waals surface area contributed by atoms with E-state index in [-0.39, 0.29) is 18.3 Å². The average Bonchev–Trinajstić information content (AvgIpc) is 2.52. The van der Waals surface area contributed by atoms with Crippen LogP contribution in [0.15, 0.2) is 24.3 Å². The predicted octanol–water partition coefficient (Wildman–Crippen LogP) is 2.69. The van der Waals surface area contributed by atoms with Crippen molar-refractivity contribution < 1.29 is 9.53 Å². The highest BCUT2D eigenvalue weighted by Crippen LogP contribution is 2.16. The smallest absolute Gasteiger partial charge is 0.220 e. The van der Waals surface area contributed by atoms with Gasteiger partial charge in [0.1, 0.15) is 5.75 Å². The molecule has 1 aliphatic rings. The normalized spacial score (nSPS) is 17.4. The van der Waals surface area contributed by atoms with Gasteiger partial charge in [-0.2, -0.15) is 0 Å². The second-order valence-corrected chi connectivity index (χ2v) is 5.73. The molecule has 1 aromatic rings. The van der Waals surface area contributed by atoms with Crippen LogP contribution < -0.4 is 15.4 Å². The molecule has 1 unspecified atom stereocenters. The summed E-state index contributed by atoms with van der Waals surface area (Å²) in [5, 5.41) is 6.39. The van der Waals surface area contributed by atoms with Gasteiger partial charge in [-0.05, 0) is 56.8 Å². The van der Waals surface area contributed by atoms with Gasteiger partial charge in [-0.25, -0.2) is 0 Å². The van der Waals surface area contributed by atoms with Crippen LogP contribution in [0.1, 0.15) is 31.2 Å². The minimum Gasteiger partial charge on any atom is -0.493 e. The van der Waals surface area contributed by atoms with E-state index in [9.17, 15) is 4.79 Å². The molecule has 0 aliphatic carbocycles. The van der Waals surface area contributed by atoms with Crippen molar-refractivity contribution in [2.24, 2.45) is 5.92 Å². The zero-order valence-corrected chi connectivity index (χ0v) is 14.1. The third kappa shape index (κ3) is 6.67. The van der Waals surface area contributed by atoms with E-state index in [1.165, 1.54) is 12.8 Å². The molecule has 5 heteroatoms.